The minimum atomic E-state index is -0.261. The molecular formula is C22H23FN2O2. The van der Waals surface area contributed by atoms with Crippen molar-refractivity contribution in [3.8, 4) is 0 Å². The van der Waals surface area contributed by atoms with Crippen LogP contribution >= 0.6 is 0 Å². The van der Waals surface area contributed by atoms with Crippen LogP contribution in [0, 0.1) is 5.82 Å². The van der Waals surface area contributed by atoms with Gasteiger partial charge in [-0.15, -0.1) is 0 Å². The lowest BCUT2D eigenvalue weighted by Crippen LogP contribution is -2.41. The Hall–Kier alpha value is -2.69. The lowest BCUT2D eigenvalue weighted by Gasteiger charge is -2.34. The molecule has 3 aromatic rings. The zero-order valence-corrected chi connectivity index (χ0v) is 15.2. The van der Waals surface area contributed by atoms with E-state index in [0.717, 1.165) is 36.6 Å². The average Bonchev–Trinajstić information content (AvgIpc) is 3.11. The number of hydrogen-bond acceptors (Lipinski definition) is 3. The standard InChI is InChI=1S/C22H23FN2O2/c23-17-12-10-16(11-13-17)15-25(18-6-2-1-3-7-18)22(26)14-20-19-8-4-5-9-21(19)27-24-20/h4-5,8-13,18H,1-3,6-7,14-15H2. The Balaban J connectivity index is 1.56. The second-order valence-electron chi connectivity index (χ2n) is 7.24. The fourth-order valence-corrected chi connectivity index (χ4v) is 3.91. The third-order valence-electron chi connectivity index (χ3n) is 5.37. The summed E-state index contributed by atoms with van der Waals surface area (Å²) in [6.07, 6.45) is 5.77. The molecule has 0 spiro atoms. The van der Waals surface area contributed by atoms with Crippen molar-refractivity contribution < 1.29 is 13.7 Å². The highest BCUT2D eigenvalue weighted by Gasteiger charge is 2.26. The van der Waals surface area contributed by atoms with Gasteiger partial charge in [-0.3, -0.25) is 4.79 Å². The van der Waals surface area contributed by atoms with Gasteiger partial charge in [0.15, 0.2) is 5.58 Å². The molecule has 1 aliphatic carbocycles. The largest absolute Gasteiger partial charge is 0.356 e. The van der Waals surface area contributed by atoms with Crippen LogP contribution in [0.25, 0.3) is 11.0 Å². The van der Waals surface area contributed by atoms with Gasteiger partial charge in [0.05, 0.1) is 6.42 Å². The molecule has 0 aliphatic heterocycles. The Kier molecular flexibility index (Phi) is 5.19. The fourth-order valence-electron chi connectivity index (χ4n) is 3.91. The monoisotopic (exact) mass is 366 g/mol. The van der Waals surface area contributed by atoms with Crippen LogP contribution in [-0.4, -0.2) is 22.0 Å². The molecule has 2 aromatic carbocycles. The molecule has 4 nitrogen and oxygen atoms in total. The van der Waals surface area contributed by atoms with Crippen molar-refractivity contribution in [1.82, 2.24) is 10.1 Å². The summed E-state index contributed by atoms with van der Waals surface area (Å²) in [5.41, 5.74) is 2.32. The third-order valence-corrected chi connectivity index (χ3v) is 5.37. The molecule has 0 atom stereocenters. The zero-order chi connectivity index (χ0) is 18.6. The van der Waals surface area contributed by atoms with Crippen molar-refractivity contribution in [1.29, 1.82) is 0 Å². The van der Waals surface area contributed by atoms with Crippen molar-refractivity contribution in [3.63, 3.8) is 0 Å². The Bertz CT molecular complexity index is 913. The third kappa shape index (κ3) is 4.02. The van der Waals surface area contributed by atoms with Gasteiger partial charge in [0.1, 0.15) is 11.5 Å². The van der Waals surface area contributed by atoms with Crippen LogP contribution in [0.2, 0.25) is 0 Å². The average molecular weight is 366 g/mol. The number of carbonyl (C=O) groups is 1. The first-order valence-electron chi connectivity index (χ1n) is 9.58. The van der Waals surface area contributed by atoms with E-state index in [-0.39, 0.29) is 24.2 Å². The molecule has 5 heteroatoms. The van der Waals surface area contributed by atoms with Gasteiger partial charge >= 0.3 is 0 Å². The van der Waals surface area contributed by atoms with Gasteiger partial charge in [0.2, 0.25) is 5.91 Å². The minimum absolute atomic E-state index is 0.0466. The zero-order valence-electron chi connectivity index (χ0n) is 15.2. The molecule has 140 valence electrons. The summed E-state index contributed by atoms with van der Waals surface area (Å²) < 4.78 is 18.6. The van der Waals surface area contributed by atoms with Gasteiger partial charge in [-0.2, -0.15) is 0 Å². The van der Waals surface area contributed by atoms with Crippen molar-refractivity contribution in [2.75, 3.05) is 0 Å². The van der Waals surface area contributed by atoms with E-state index in [1.165, 1.54) is 18.6 Å². The maximum Gasteiger partial charge on any atom is 0.229 e. The number of rotatable bonds is 5. The molecular weight excluding hydrogens is 343 g/mol. The van der Waals surface area contributed by atoms with E-state index in [1.54, 1.807) is 12.1 Å². The Morgan fingerprint density at radius 3 is 2.59 bits per heavy atom. The summed E-state index contributed by atoms with van der Waals surface area (Å²) in [6, 6.07) is 14.2. The summed E-state index contributed by atoms with van der Waals surface area (Å²) in [7, 11) is 0. The first kappa shape index (κ1) is 17.7. The van der Waals surface area contributed by atoms with Crippen LogP contribution in [0.4, 0.5) is 4.39 Å². The Labute approximate surface area is 158 Å². The molecule has 1 heterocycles. The minimum Gasteiger partial charge on any atom is -0.356 e. The Morgan fingerprint density at radius 2 is 1.81 bits per heavy atom. The van der Waals surface area contributed by atoms with Crippen molar-refractivity contribution in [3.05, 3.63) is 65.6 Å². The number of fused-ring (bicyclic) bond motifs is 1. The number of carbonyl (C=O) groups excluding carboxylic acids is 1. The predicted molar refractivity (Wildman–Crippen MR) is 102 cm³/mol. The second-order valence-corrected chi connectivity index (χ2v) is 7.24. The van der Waals surface area contributed by atoms with E-state index in [9.17, 15) is 9.18 Å². The predicted octanol–water partition coefficient (Wildman–Crippen LogP) is 4.87. The molecule has 1 amide bonds. The summed E-state index contributed by atoms with van der Waals surface area (Å²) in [5.74, 6) is -0.214. The van der Waals surface area contributed by atoms with Gasteiger partial charge in [0, 0.05) is 18.0 Å². The quantitative estimate of drug-likeness (QED) is 0.647. The number of para-hydroxylation sites is 1. The molecule has 1 saturated carbocycles. The van der Waals surface area contributed by atoms with E-state index in [0.29, 0.717) is 17.8 Å². The number of halogens is 1. The molecule has 0 N–H and O–H groups in total. The lowest BCUT2D eigenvalue weighted by molar-refractivity contribution is -0.134. The van der Waals surface area contributed by atoms with Crippen LogP contribution in [0.1, 0.15) is 43.4 Å². The van der Waals surface area contributed by atoms with Gasteiger partial charge in [-0.1, -0.05) is 48.7 Å². The molecule has 27 heavy (non-hydrogen) atoms. The number of benzene rings is 2. The van der Waals surface area contributed by atoms with E-state index in [2.05, 4.69) is 5.16 Å². The molecule has 1 aliphatic rings. The van der Waals surface area contributed by atoms with Gasteiger partial charge < -0.3 is 9.42 Å². The van der Waals surface area contributed by atoms with Crippen molar-refractivity contribution in [2.45, 2.75) is 51.1 Å². The summed E-state index contributed by atoms with van der Waals surface area (Å²) in [6.45, 7) is 0.500. The highest BCUT2D eigenvalue weighted by molar-refractivity contribution is 5.86. The maximum absolute atomic E-state index is 13.2. The Morgan fingerprint density at radius 1 is 1.07 bits per heavy atom. The molecule has 1 fully saturated rings. The van der Waals surface area contributed by atoms with Gasteiger partial charge in [0.25, 0.3) is 0 Å². The molecule has 4 rings (SSSR count). The maximum atomic E-state index is 13.2. The van der Waals surface area contributed by atoms with E-state index in [4.69, 9.17) is 4.52 Å². The number of amides is 1. The van der Waals surface area contributed by atoms with E-state index in [1.807, 2.05) is 29.2 Å². The molecule has 0 unspecified atom stereocenters. The molecule has 0 saturated heterocycles. The van der Waals surface area contributed by atoms with E-state index >= 15 is 0 Å². The first-order valence-corrected chi connectivity index (χ1v) is 9.58. The van der Waals surface area contributed by atoms with Crippen LogP contribution < -0.4 is 0 Å². The van der Waals surface area contributed by atoms with Crippen molar-refractivity contribution in [2.24, 2.45) is 0 Å². The van der Waals surface area contributed by atoms with Crippen LogP contribution in [0.5, 0.6) is 0 Å². The van der Waals surface area contributed by atoms with Crippen molar-refractivity contribution >= 4 is 16.9 Å². The number of hydrogen-bond donors (Lipinski definition) is 0. The summed E-state index contributed by atoms with van der Waals surface area (Å²) >= 11 is 0. The highest BCUT2D eigenvalue weighted by atomic mass is 19.1. The number of aromatic nitrogens is 1. The van der Waals surface area contributed by atoms with Gasteiger partial charge in [-0.25, -0.2) is 4.39 Å². The van der Waals surface area contributed by atoms with Crippen LogP contribution in [0.15, 0.2) is 53.1 Å². The molecule has 1 aromatic heterocycles. The fraction of sp³-hybridized carbons (Fsp3) is 0.364. The number of nitrogens with zero attached hydrogens (tertiary/aromatic N) is 2. The molecule has 0 radical (unpaired) electrons. The van der Waals surface area contributed by atoms with Crippen LogP contribution in [0.3, 0.4) is 0 Å². The van der Waals surface area contributed by atoms with Gasteiger partial charge in [-0.05, 0) is 42.7 Å². The normalized spacial score (nSPS) is 15.1. The van der Waals surface area contributed by atoms with E-state index < -0.39 is 0 Å². The second kappa shape index (κ2) is 7.91. The molecule has 0 bridgehead atoms. The SMILES string of the molecule is O=C(Cc1noc2ccccc12)N(Cc1ccc(F)cc1)C1CCCCC1. The summed E-state index contributed by atoms with van der Waals surface area (Å²) in [4.78, 5) is 15.1. The van der Waals surface area contributed by atoms with Crippen LogP contribution in [-0.2, 0) is 17.8 Å². The smallest absolute Gasteiger partial charge is 0.229 e. The highest BCUT2D eigenvalue weighted by Crippen LogP contribution is 2.26. The lowest BCUT2D eigenvalue weighted by atomic mass is 9.93. The first-order chi connectivity index (χ1) is 13.2. The summed E-state index contributed by atoms with van der Waals surface area (Å²) in [5, 5.41) is 4.99. The topological polar surface area (TPSA) is 46.3 Å².